The minimum absolute atomic E-state index is 0.134. The number of rotatable bonds is 4. The standard InChI is InChI=1S/C11H12BrFO3/c1-3-16-10-5-7(12)4-9(13)8(10)6-11(14)15-2/h4-5H,3,6H2,1-2H3. The second-order valence-electron chi connectivity index (χ2n) is 3.05. The van der Waals surface area contributed by atoms with Gasteiger partial charge in [0.2, 0.25) is 0 Å². The highest BCUT2D eigenvalue weighted by Crippen LogP contribution is 2.27. The zero-order valence-corrected chi connectivity index (χ0v) is 10.6. The van der Waals surface area contributed by atoms with Crippen molar-refractivity contribution >= 4 is 21.9 Å². The predicted octanol–water partition coefficient (Wildman–Crippen LogP) is 2.70. The highest BCUT2D eigenvalue weighted by molar-refractivity contribution is 9.10. The summed E-state index contributed by atoms with van der Waals surface area (Å²) in [5.74, 6) is -0.620. The van der Waals surface area contributed by atoms with Crippen molar-refractivity contribution < 1.29 is 18.7 Å². The monoisotopic (exact) mass is 290 g/mol. The first-order valence-corrected chi connectivity index (χ1v) is 5.55. The molecule has 0 radical (unpaired) electrons. The second kappa shape index (κ2) is 5.84. The van der Waals surface area contributed by atoms with Crippen molar-refractivity contribution in [2.75, 3.05) is 13.7 Å². The van der Waals surface area contributed by atoms with E-state index in [0.29, 0.717) is 16.8 Å². The third-order valence-electron chi connectivity index (χ3n) is 1.97. The molecule has 16 heavy (non-hydrogen) atoms. The van der Waals surface area contributed by atoms with Gasteiger partial charge in [0.1, 0.15) is 11.6 Å². The normalized spacial score (nSPS) is 10.0. The van der Waals surface area contributed by atoms with E-state index < -0.39 is 11.8 Å². The summed E-state index contributed by atoms with van der Waals surface area (Å²) in [4.78, 5) is 11.1. The van der Waals surface area contributed by atoms with Crippen LogP contribution in [0.2, 0.25) is 0 Å². The topological polar surface area (TPSA) is 35.5 Å². The van der Waals surface area contributed by atoms with E-state index >= 15 is 0 Å². The summed E-state index contributed by atoms with van der Waals surface area (Å²) >= 11 is 3.16. The maximum atomic E-state index is 13.6. The zero-order chi connectivity index (χ0) is 12.1. The molecule has 3 nitrogen and oxygen atoms in total. The Labute approximate surface area is 102 Å². The van der Waals surface area contributed by atoms with Crippen molar-refractivity contribution in [2.24, 2.45) is 0 Å². The number of halogens is 2. The Morgan fingerprint density at radius 3 is 2.75 bits per heavy atom. The van der Waals surface area contributed by atoms with E-state index in [0.717, 1.165) is 0 Å². The Balaban J connectivity index is 3.08. The Bertz CT molecular complexity index is 393. The molecule has 0 heterocycles. The molecule has 1 aromatic rings. The molecule has 0 fully saturated rings. The highest BCUT2D eigenvalue weighted by Gasteiger charge is 2.15. The second-order valence-corrected chi connectivity index (χ2v) is 3.97. The third kappa shape index (κ3) is 3.20. The summed E-state index contributed by atoms with van der Waals surface area (Å²) < 4.78 is 24.0. The van der Waals surface area contributed by atoms with E-state index in [1.54, 1.807) is 13.0 Å². The number of ether oxygens (including phenoxy) is 2. The first-order chi connectivity index (χ1) is 7.58. The van der Waals surface area contributed by atoms with Crippen LogP contribution >= 0.6 is 15.9 Å². The number of esters is 1. The van der Waals surface area contributed by atoms with Gasteiger partial charge in [0, 0.05) is 10.0 Å². The number of hydrogen-bond donors (Lipinski definition) is 0. The molecule has 0 spiro atoms. The largest absolute Gasteiger partial charge is 0.493 e. The van der Waals surface area contributed by atoms with Crippen LogP contribution in [0.4, 0.5) is 4.39 Å². The fourth-order valence-electron chi connectivity index (χ4n) is 1.25. The van der Waals surface area contributed by atoms with Gasteiger partial charge in [-0.05, 0) is 19.1 Å². The van der Waals surface area contributed by atoms with Crippen molar-refractivity contribution in [3.8, 4) is 5.75 Å². The minimum atomic E-state index is -0.498. The lowest BCUT2D eigenvalue weighted by Gasteiger charge is -2.11. The maximum Gasteiger partial charge on any atom is 0.310 e. The number of carbonyl (C=O) groups excluding carboxylic acids is 1. The summed E-state index contributed by atoms with van der Waals surface area (Å²) in [6, 6.07) is 2.92. The highest BCUT2D eigenvalue weighted by atomic mass is 79.9. The molecule has 0 aliphatic heterocycles. The van der Waals surface area contributed by atoms with E-state index in [9.17, 15) is 9.18 Å². The van der Waals surface area contributed by atoms with Gasteiger partial charge in [-0.1, -0.05) is 15.9 Å². The van der Waals surface area contributed by atoms with E-state index in [1.807, 2.05) is 0 Å². The van der Waals surface area contributed by atoms with E-state index in [4.69, 9.17) is 4.74 Å². The van der Waals surface area contributed by atoms with Crippen LogP contribution in [0.15, 0.2) is 16.6 Å². The molecule has 0 saturated carbocycles. The van der Waals surface area contributed by atoms with Crippen LogP contribution in [0.5, 0.6) is 5.75 Å². The van der Waals surface area contributed by atoms with Crippen molar-refractivity contribution in [2.45, 2.75) is 13.3 Å². The minimum Gasteiger partial charge on any atom is -0.493 e. The van der Waals surface area contributed by atoms with Gasteiger partial charge in [-0.2, -0.15) is 0 Å². The number of methoxy groups -OCH3 is 1. The fraction of sp³-hybridized carbons (Fsp3) is 0.364. The zero-order valence-electron chi connectivity index (χ0n) is 9.05. The van der Waals surface area contributed by atoms with Crippen LogP contribution in [0.1, 0.15) is 12.5 Å². The van der Waals surface area contributed by atoms with Gasteiger partial charge >= 0.3 is 5.97 Å². The molecule has 0 aliphatic carbocycles. The van der Waals surface area contributed by atoms with Gasteiger partial charge in [0.25, 0.3) is 0 Å². The maximum absolute atomic E-state index is 13.6. The van der Waals surface area contributed by atoms with Crippen LogP contribution in [0.25, 0.3) is 0 Å². The molecule has 1 rings (SSSR count). The predicted molar refractivity (Wildman–Crippen MR) is 61.0 cm³/mol. The van der Waals surface area contributed by atoms with Gasteiger partial charge in [-0.15, -0.1) is 0 Å². The molecule has 0 aliphatic rings. The molecule has 5 heteroatoms. The quantitative estimate of drug-likeness (QED) is 0.800. The van der Waals surface area contributed by atoms with Crippen molar-refractivity contribution in [1.82, 2.24) is 0 Å². The van der Waals surface area contributed by atoms with E-state index in [2.05, 4.69) is 20.7 Å². The lowest BCUT2D eigenvalue weighted by molar-refractivity contribution is -0.139. The van der Waals surface area contributed by atoms with Gasteiger partial charge in [-0.25, -0.2) is 4.39 Å². The van der Waals surface area contributed by atoms with Gasteiger partial charge in [0.15, 0.2) is 0 Å². The van der Waals surface area contributed by atoms with Crippen molar-refractivity contribution in [3.05, 3.63) is 28.0 Å². The molecule has 0 aromatic heterocycles. The summed E-state index contributed by atoms with van der Waals surface area (Å²) in [5.41, 5.74) is 0.219. The summed E-state index contributed by atoms with van der Waals surface area (Å²) in [5, 5.41) is 0. The van der Waals surface area contributed by atoms with Crippen LogP contribution < -0.4 is 4.74 Å². The fourth-order valence-corrected chi connectivity index (χ4v) is 1.66. The molecule has 0 bridgehead atoms. The number of benzene rings is 1. The lowest BCUT2D eigenvalue weighted by atomic mass is 10.1. The summed E-state index contributed by atoms with van der Waals surface area (Å²) in [7, 11) is 1.26. The SMILES string of the molecule is CCOc1cc(Br)cc(F)c1CC(=O)OC. The Kier molecular flexibility index (Phi) is 4.73. The van der Waals surface area contributed by atoms with Crippen LogP contribution in [0.3, 0.4) is 0 Å². The van der Waals surface area contributed by atoms with Crippen LogP contribution in [-0.2, 0) is 16.0 Å². The van der Waals surface area contributed by atoms with E-state index in [-0.39, 0.29) is 12.0 Å². The van der Waals surface area contributed by atoms with Gasteiger partial charge in [-0.3, -0.25) is 4.79 Å². The average molecular weight is 291 g/mol. The molecule has 0 unspecified atom stereocenters. The molecule has 0 saturated heterocycles. The molecule has 88 valence electrons. The van der Waals surface area contributed by atoms with E-state index in [1.165, 1.54) is 13.2 Å². The summed E-state index contributed by atoms with van der Waals surface area (Å²) in [6.07, 6.45) is -0.134. The Morgan fingerprint density at radius 1 is 1.50 bits per heavy atom. The smallest absolute Gasteiger partial charge is 0.310 e. The number of hydrogen-bond acceptors (Lipinski definition) is 3. The lowest BCUT2D eigenvalue weighted by Crippen LogP contribution is -2.08. The van der Waals surface area contributed by atoms with Gasteiger partial charge < -0.3 is 9.47 Å². The molecule has 0 N–H and O–H groups in total. The first-order valence-electron chi connectivity index (χ1n) is 4.76. The molecular formula is C11H12BrFO3. The van der Waals surface area contributed by atoms with Crippen molar-refractivity contribution in [1.29, 1.82) is 0 Å². The Morgan fingerprint density at radius 2 is 2.19 bits per heavy atom. The average Bonchev–Trinajstić information content (AvgIpc) is 2.23. The molecule has 1 aromatic carbocycles. The summed E-state index contributed by atoms with van der Waals surface area (Å²) in [6.45, 7) is 2.20. The number of carbonyl (C=O) groups is 1. The van der Waals surface area contributed by atoms with Crippen LogP contribution in [0, 0.1) is 5.82 Å². The first kappa shape index (κ1) is 13.0. The Hall–Kier alpha value is -1.10. The molecule has 0 atom stereocenters. The van der Waals surface area contributed by atoms with Gasteiger partial charge in [0.05, 0.1) is 20.1 Å². The molecule has 0 amide bonds. The van der Waals surface area contributed by atoms with Crippen LogP contribution in [-0.4, -0.2) is 19.7 Å². The molecular weight excluding hydrogens is 279 g/mol. The third-order valence-corrected chi connectivity index (χ3v) is 2.43. The van der Waals surface area contributed by atoms with Crippen molar-refractivity contribution in [3.63, 3.8) is 0 Å².